The number of ether oxygens (including phenoxy) is 1. The molecule has 0 saturated carbocycles. The van der Waals surface area contributed by atoms with E-state index in [0.29, 0.717) is 36.1 Å². The molecule has 0 aliphatic carbocycles. The lowest BCUT2D eigenvalue weighted by Crippen LogP contribution is -2.39. The molecule has 2 aromatic heterocycles. The number of fused-ring (bicyclic) bond motifs is 1. The van der Waals surface area contributed by atoms with Crippen LogP contribution in [0.2, 0.25) is 0 Å². The second-order valence-electron chi connectivity index (χ2n) is 9.28. The van der Waals surface area contributed by atoms with Crippen LogP contribution in [0.3, 0.4) is 0 Å². The quantitative estimate of drug-likeness (QED) is 0.560. The molecule has 34 heavy (non-hydrogen) atoms. The van der Waals surface area contributed by atoms with Crippen molar-refractivity contribution in [3.63, 3.8) is 0 Å². The van der Waals surface area contributed by atoms with Crippen LogP contribution in [0.25, 0.3) is 11.0 Å². The summed E-state index contributed by atoms with van der Waals surface area (Å²) < 4.78 is 33.1. The molecular formula is C24H27N5O4S. The maximum absolute atomic E-state index is 13.2. The van der Waals surface area contributed by atoms with E-state index in [1.807, 2.05) is 32.7 Å². The van der Waals surface area contributed by atoms with Crippen molar-refractivity contribution < 1.29 is 17.9 Å². The molecule has 0 radical (unpaired) electrons. The fraction of sp³-hybridized carbons (Fsp3) is 0.375. The molecule has 3 heterocycles. The third-order valence-electron chi connectivity index (χ3n) is 5.79. The van der Waals surface area contributed by atoms with E-state index >= 15 is 0 Å². The summed E-state index contributed by atoms with van der Waals surface area (Å²) in [5.74, 6) is 0. The first kappa shape index (κ1) is 23.6. The smallest absolute Gasteiger partial charge is 0.410 e. The topological polar surface area (TPSA) is 109 Å². The largest absolute Gasteiger partial charge is 0.444 e. The highest BCUT2D eigenvalue weighted by Crippen LogP contribution is 2.34. The Bertz CT molecular complexity index is 1370. The number of carbonyl (C=O) groups is 1. The number of carbonyl (C=O) groups excluding carboxylic acids is 1. The van der Waals surface area contributed by atoms with Crippen LogP contribution in [-0.2, 0) is 14.8 Å². The van der Waals surface area contributed by atoms with Crippen molar-refractivity contribution in [1.29, 1.82) is 5.26 Å². The second-order valence-corrected chi connectivity index (χ2v) is 11.1. The van der Waals surface area contributed by atoms with Gasteiger partial charge in [-0.3, -0.25) is 0 Å². The Hall–Kier alpha value is -3.58. The van der Waals surface area contributed by atoms with Gasteiger partial charge in [0, 0.05) is 44.0 Å². The van der Waals surface area contributed by atoms with Crippen LogP contribution in [-0.4, -0.2) is 60.1 Å². The Labute approximate surface area is 199 Å². The summed E-state index contributed by atoms with van der Waals surface area (Å²) in [6, 6.07) is 11.9. The summed E-state index contributed by atoms with van der Waals surface area (Å²) in [5, 5.41) is 10.3. The summed E-state index contributed by atoms with van der Waals surface area (Å²) in [5.41, 5.74) is 0.581. The first-order valence-corrected chi connectivity index (χ1v) is 12.4. The standard InChI is InChI=1S/C24H27N5O4S/c1-24(2,3)33-23(30)28-12-10-18(16-28)27(4)21-17(14-25)15-26-22-20(21)11-13-29(22)34(31,32)19-8-6-5-7-9-19/h5-9,11,13,15,18H,10,12,16H2,1-4H3. The van der Waals surface area contributed by atoms with Crippen molar-refractivity contribution in [3.05, 3.63) is 54.4 Å². The van der Waals surface area contributed by atoms with Crippen molar-refractivity contribution >= 4 is 32.8 Å². The molecule has 10 heteroatoms. The van der Waals surface area contributed by atoms with Crippen molar-refractivity contribution in [3.8, 4) is 6.07 Å². The zero-order valence-corrected chi connectivity index (χ0v) is 20.4. The van der Waals surface area contributed by atoms with Crippen LogP contribution in [0.5, 0.6) is 0 Å². The minimum atomic E-state index is -3.86. The van der Waals surface area contributed by atoms with Crippen LogP contribution >= 0.6 is 0 Å². The molecule has 0 bridgehead atoms. The third kappa shape index (κ3) is 4.31. The molecule has 1 aromatic carbocycles. The zero-order chi connectivity index (χ0) is 24.7. The van der Waals surface area contributed by atoms with Crippen molar-refractivity contribution in [2.75, 3.05) is 25.0 Å². The molecule has 1 atom stereocenters. The van der Waals surface area contributed by atoms with Crippen LogP contribution in [0.1, 0.15) is 32.8 Å². The van der Waals surface area contributed by atoms with Gasteiger partial charge in [0.05, 0.1) is 16.1 Å². The summed E-state index contributed by atoms with van der Waals surface area (Å²) >= 11 is 0. The number of nitriles is 1. The lowest BCUT2D eigenvalue weighted by atomic mass is 10.1. The van der Waals surface area contributed by atoms with Crippen molar-refractivity contribution in [2.24, 2.45) is 0 Å². The van der Waals surface area contributed by atoms with Gasteiger partial charge in [0.2, 0.25) is 0 Å². The highest BCUT2D eigenvalue weighted by atomic mass is 32.2. The Kier molecular flexibility index (Phi) is 6.00. The van der Waals surface area contributed by atoms with Gasteiger partial charge in [0.15, 0.2) is 5.65 Å². The maximum atomic E-state index is 13.2. The van der Waals surface area contributed by atoms with Gasteiger partial charge in [-0.25, -0.2) is 22.2 Å². The van der Waals surface area contributed by atoms with Gasteiger partial charge in [0.1, 0.15) is 11.7 Å². The van der Waals surface area contributed by atoms with E-state index in [1.165, 1.54) is 24.5 Å². The first-order valence-electron chi connectivity index (χ1n) is 10.9. The van der Waals surface area contributed by atoms with E-state index in [2.05, 4.69) is 11.1 Å². The molecule has 9 nitrogen and oxygen atoms in total. The van der Waals surface area contributed by atoms with Crippen molar-refractivity contribution in [2.45, 2.75) is 43.7 Å². The molecular weight excluding hydrogens is 454 g/mol. The number of aromatic nitrogens is 2. The number of benzene rings is 1. The third-order valence-corrected chi connectivity index (χ3v) is 7.47. The molecule has 4 rings (SSSR count). The van der Waals surface area contributed by atoms with Gasteiger partial charge < -0.3 is 14.5 Å². The highest BCUT2D eigenvalue weighted by molar-refractivity contribution is 7.90. The van der Waals surface area contributed by atoms with E-state index in [4.69, 9.17) is 4.74 Å². The SMILES string of the molecule is CN(c1c(C#N)cnc2c1ccn2S(=O)(=O)c1ccccc1)C1CCN(C(=O)OC(C)(C)C)C1. The normalized spacial score (nSPS) is 16.4. The molecule has 1 amide bonds. The Balaban J connectivity index is 1.69. The minimum Gasteiger partial charge on any atom is -0.444 e. The number of likely N-dealkylation sites (N-methyl/N-ethyl adjacent to an activating group) is 1. The van der Waals surface area contributed by atoms with Gasteiger partial charge in [-0.05, 0) is 45.4 Å². The molecule has 1 aliphatic heterocycles. The molecule has 1 aliphatic rings. The number of nitrogens with zero attached hydrogens (tertiary/aromatic N) is 5. The zero-order valence-electron chi connectivity index (χ0n) is 19.6. The number of rotatable bonds is 4. The van der Waals surface area contributed by atoms with E-state index in [9.17, 15) is 18.5 Å². The summed E-state index contributed by atoms with van der Waals surface area (Å²) in [6.45, 7) is 6.44. The first-order chi connectivity index (χ1) is 16.0. The van der Waals surface area contributed by atoms with Gasteiger partial charge in [-0.2, -0.15) is 5.26 Å². The fourth-order valence-electron chi connectivity index (χ4n) is 4.14. The van der Waals surface area contributed by atoms with Gasteiger partial charge in [-0.15, -0.1) is 0 Å². The van der Waals surface area contributed by atoms with E-state index in [0.717, 1.165) is 3.97 Å². The predicted molar refractivity (Wildman–Crippen MR) is 128 cm³/mol. The summed E-state index contributed by atoms with van der Waals surface area (Å²) in [7, 11) is -2.01. The maximum Gasteiger partial charge on any atom is 0.410 e. The average Bonchev–Trinajstić information content (AvgIpc) is 3.45. The van der Waals surface area contributed by atoms with Gasteiger partial charge in [-0.1, -0.05) is 18.2 Å². The van der Waals surface area contributed by atoms with Gasteiger partial charge in [0.25, 0.3) is 10.0 Å². The van der Waals surface area contributed by atoms with Crippen LogP contribution in [0.4, 0.5) is 10.5 Å². The number of pyridine rings is 1. The predicted octanol–water partition coefficient (Wildman–Crippen LogP) is 3.59. The number of anilines is 1. The van der Waals surface area contributed by atoms with E-state index in [1.54, 1.807) is 29.2 Å². The minimum absolute atomic E-state index is 0.0701. The summed E-state index contributed by atoms with van der Waals surface area (Å²) in [4.78, 5) is 20.6. The van der Waals surface area contributed by atoms with Crippen LogP contribution in [0.15, 0.2) is 53.7 Å². The Morgan fingerprint density at radius 2 is 1.94 bits per heavy atom. The average molecular weight is 482 g/mol. The van der Waals surface area contributed by atoms with E-state index < -0.39 is 15.6 Å². The van der Waals surface area contributed by atoms with Crippen molar-refractivity contribution in [1.82, 2.24) is 13.9 Å². The molecule has 1 saturated heterocycles. The second kappa shape index (κ2) is 8.65. The molecule has 3 aromatic rings. The highest BCUT2D eigenvalue weighted by Gasteiger charge is 2.33. The van der Waals surface area contributed by atoms with Crippen LogP contribution < -0.4 is 4.90 Å². The molecule has 1 unspecified atom stereocenters. The number of likely N-dealkylation sites (tertiary alicyclic amines) is 1. The number of hydrogen-bond donors (Lipinski definition) is 0. The Morgan fingerprint density at radius 1 is 1.24 bits per heavy atom. The van der Waals surface area contributed by atoms with E-state index in [-0.39, 0.29) is 22.7 Å². The number of amides is 1. The Morgan fingerprint density at radius 3 is 2.59 bits per heavy atom. The lowest BCUT2D eigenvalue weighted by Gasteiger charge is -2.29. The molecule has 0 N–H and O–H groups in total. The van der Waals surface area contributed by atoms with Gasteiger partial charge >= 0.3 is 6.09 Å². The molecule has 178 valence electrons. The lowest BCUT2D eigenvalue weighted by molar-refractivity contribution is 0.0292. The summed E-state index contributed by atoms with van der Waals surface area (Å²) in [6.07, 6.45) is 3.17. The monoisotopic (exact) mass is 481 g/mol. The van der Waals surface area contributed by atoms with Crippen LogP contribution in [0, 0.1) is 11.3 Å². The molecule has 1 fully saturated rings. The fourth-order valence-corrected chi connectivity index (χ4v) is 5.47. The molecule has 0 spiro atoms. The number of hydrogen-bond acceptors (Lipinski definition) is 7.